The first-order chi connectivity index (χ1) is 9.16. The molecule has 3 rings (SSSR count). The van der Waals surface area contributed by atoms with Crippen LogP contribution in [-0.2, 0) is 0 Å². The SMILES string of the molecule is O=c1[nH]c(C2CCC2)nc(O)c1-c1ccccc1F. The molecule has 1 heterocycles. The van der Waals surface area contributed by atoms with E-state index < -0.39 is 17.3 Å². The Morgan fingerprint density at radius 3 is 2.63 bits per heavy atom. The normalized spacial score (nSPS) is 15.2. The third-order valence-corrected chi connectivity index (χ3v) is 3.55. The van der Waals surface area contributed by atoms with Crippen LogP contribution in [0.25, 0.3) is 11.1 Å². The van der Waals surface area contributed by atoms with E-state index in [-0.39, 0.29) is 17.0 Å². The smallest absolute Gasteiger partial charge is 0.262 e. The first kappa shape index (κ1) is 11.9. The van der Waals surface area contributed by atoms with Crippen LogP contribution in [0.15, 0.2) is 29.1 Å². The average Bonchev–Trinajstić information content (AvgIpc) is 2.28. The molecule has 0 radical (unpaired) electrons. The zero-order chi connectivity index (χ0) is 13.4. The molecule has 0 amide bonds. The molecule has 19 heavy (non-hydrogen) atoms. The van der Waals surface area contributed by atoms with E-state index in [1.807, 2.05) is 0 Å². The highest BCUT2D eigenvalue weighted by molar-refractivity contribution is 5.67. The molecular weight excluding hydrogens is 247 g/mol. The van der Waals surface area contributed by atoms with Crippen molar-refractivity contribution in [3.63, 3.8) is 0 Å². The Balaban J connectivity index is 2.12. The minimum Gasteiger partial charge on any atom is -0.493 e. The number of nitrogens with one attached hydrogen (secondary N) is 1. The van der Waals surface area contributed by atoms with E-state index in [4.69, 9.17) is 0 Å². The van der Waals surface area contributed by atoms with Gasteiger partial charge in [0.05, 0.1) is 0 Å². The van der Waals surface area contributed by atoms with Gasteiger partial charge in [-0.15, -0.1) is 0 Å². The first-order valence-corrected chi connectivity index (χ1v) is 6.25. The van der Waals surface area contributed by atoms with Gasteiger partial charge in [-0.2, -0.15) is 4.98 Å². The second-order valence-corrected chi connectivity index (χ2v) is 4.76. The summed E-state index contributed by atoms with van der Waals surface area (Å²) in [5, 5.41) is 9.92. The zero-order valence-corrected chi connectivity index (χ0v) is 10.2. The van der Waals surface area contributed by atoms with Gasteiger partial charge in [-0.3, -0.25) is 4.79 Å². The van der Waals surface area contributed by atoms with Gasteiger partial charge in [0.15, 0.2) is 0 Å². The molecule has 0 bridgehead atoms. The molecule has 0 atom stereocenters. The molecule has 1 aromatic carbocycles. The molecule has 0 spiro atoms. The molecule has 0 saturated heterocycles. The van der Waals surface area contributed by atoms with Crippen LogP contribution in [0.5, 0.6) is 5.88 Å². The van der Waals surface area contributed by atoms with Crippen molar-refractivity contribution >= 4 is 0 Å². The van der Waals surface area contributed by atoms with Gasteiger partial charge in [0.25, 0.3) is 5.56 Å². The number of benzene rings is 1. The molecule has 1 fully saturated rings. The molecule has 1 saturated carbocycles. The topological polar surface area (TPSA) is 66.0 Å². The standard InChI is InChI=1S/C14H13FN2O2/c15-10-7-2-1-6-9(10)11-13(18)16-12(17-14(11)19)8-4-3-5-8/h1-2,6-8H,3-5H2,(H2,16,17,18,19). The van der Waals surface area contributed by atoms with E-state index in [0.717, 1.165) is 19.3 Å². The van der Waals surface area contributed by atoms with Crippen LogP contribution in [0, 0.1) is 5.82 Å². The highest BCUT2D eigenvalue weighted by Crippen LogP contribution is 2.35. The first-order valence-electron chi connectivity index (χ1n) is 6.25. The Kier molecular flexibility index (Phi) is 2.81. The van der Waals surface area contributed by atoms with E-state index in [9.17, 15) is 14.3 Å². The van der Waals surface area contributed by atoms with E-state index in [1.165, 1.54) is 18.2 Å². The van der Waals surface area contributed by atoms with Crippen LogP contribution in [0.1, 0.15) is 31.0 Å². The second-order valence-electron chi connectivity index (χ2n) is 4.76. The van der Waals surface area contributed by atoms with E-state index in [2.05, 4.69) is 9.97 Å². The predicted octanol–water partition coefficient (Wildman–Crippen LogP) is 2.55. The Bertz CT molecular complexity index is 677. The molecule has 4 nitrogen and oxygen atoms in total. The zero-order valence-electron chi connectivity index (χ0n) is 10.2. The number of H-pyrrole nitrogens is 1. The minimum atomic E-state index is -0.554. The molecule has 1 aliphatic carbocycles. The molecule has 98 valence electrons. The molecule has 5 heteroatoms. The highest BCUT2D eigenvalue weighted by atomic mass is 19.1. The van der Waals surface area contributed by atoms with Gasteiger partial charge in [-0.05, 0) is 18.9 Å². The number of aromatic hydroxyl groups is 1. The second kappa shape index (κ2) is 4.50. The lowest BCUT2D eigenvalue weighted by molar-refractivity contribution is 0.387. The van der Waals surface area contributed by atoms with Crippen LogP contribution in [0.4, 0.5) is 4.39 Å². The number of hydrogen-bond acceptors (Lipinski definition) is 3. The summed E-state index contributed by atoms with van der Waals surface area (Å²) < 4.78 is 13.7. The summed E-state index contributed by atoms with van der Waals surface area (Å²) in [6, 6.07) is 5.83. The van der Waals surface area contributed by atoms with Gasteiger partial charge in [-0.25, -0.2) is 4.39 Å². The Morgan fingerprint density at radius 1 is 1.32 bits per heavy atom. The van der Waals surface area contributed by atoms with E-state index >= 15 is 0 Å². The summed E-state index contributed by atoms with van der Waals surface area (Å²) in [6.45, 7) is 0. The van der Waals surface area contributed by atoms with Crippen LogP contribution in [0.2, 0.25) is 0 Å². The van der Waals surface area contributed by atoms with Crippen LogP contribution >= 0.6 is 0 Å². The maximum Gasteiger partial charge on any atom is 0.262 e. The van der Waals surface area contributed by atoms with Crippen molar-refractivity contribution in [2.24, 2.45) is 0 Å². The summed E-state index contributed by atoms with van der Waals surface area (Å²) in [7, 11) is 0. The Hall–Kier alpha value is -2.17. The summed E-state index contributed by atoms with van der Waals surface area (Å²) in [6.07, 6.45) is 3.02. The lowest BCUT2D eigenvalue weighted by Gasteiger charge is -2.24. The summed E-state index contributed by atoms with van der Waals surface area (Å²) >= 11 is 0. The minimum absolute atomic E-state index is 0.0638. The van der Waals surface area contributed by atoms with Crippen molar-refractivity contribution in [1.82, 2.24) is 9.97 Å². The van der Waals surface area contributed by atoms with Gasteiger partial charge in [0.1, 0.15) is 17.2 Å². The molecule has 1 aliphatic rings. The van der Waals surface area contributed by atoms with Crippen molar-refractivity contribution in [2.45, 2.75) is 25.2 Å². The molecule has 2 N–H and O–H groups in total. The maximum absolute atomic E-state index is 13.7. The Labute approximate surface area is 109 Å². The summed E-state index contributed by atoms with van der Waals surface area (Å²) in [4.78, 5) is 18.7. The molecule has 2 aromatic rings. The Morgan fingerprint density at radius 2 is 2.05 bits per heavy atom. The van der Waals surface area contributed by atoms with Gasteiger partial charge < -0.3 is 10.1 Å². The number of rotatable bonds is 2. The van der Waals surface area contributed by atoms with Crippen molar-refractivity contribution < 1.29 is 9.50 Å². The number of nitrogens with zero attached hydrogens (tertiary/aromatic N) is 1. The van der Waals surface area contributed by atoms with E-state index in [1.54, 1.807) is 6.07 Å². The van der Waals surface area contributed by atoms with E-state index in [0.29, 0.717) is 5.82 Å². The third-order valence-electron chi connectivity index (χ3n) is 3.55. The van der Waals surface area contributed by atoms with Crippen LogP contribution in [-0.4, -0.2) is 15.1 Å². The molecular formula is C14H13FN2O2. The highest BCUT2D eigenvalue weighted by Gasteiger charge is 2.24. The van der Waals surface area contributed by atoms with Crippen LogP contribution in [0.3, 0.4) is 0 Å². The van der Waals surface area contributed by atoms with Gasteiger partial charge in [0.2, 0.25) is 5.88 Å². The number of aromatic nitrogens is 2. The largest absolute Gasteiger partial charge is 0.493 e. The van der Waals surface area contributed by atoms with Crippen molar-refractivity contribution in [2.75, 3.05) is 0 Å². The number of halogens is 1. The fourth-order valence-electron chi connectivity index (χ4n) is 2.26. The lowest BCUT2D eigenvalue weighted by Crippen LogP contribution is -2.20. The molecule has 1 aromatic heterocycles. The van der Waals surface area contributed by atoms with Gasteiger partial charge in [0, 0.05) is 11.5 Å². The average molecular weight is 260 g/mol. The quantitative estimate of drug-likeness (QED) is 0.872. The summed E-state index contributed by atoms with van der Waals surface area (Å²) in [5.74, 6) is -0.264. The maximum atomic E-state index is 13.7. The fraction of sp³-hybridized carbons (Fsp3) is 0.286. The van der Waals surface area contributed by atoms with Crippen LogP contribution < -0.4 is 5.56 Å². The van der Waals surface area contributed by atoms with Crippen molar-refractivity contribution in [3.8, 4) is 17.0 Å². The van der Waals surface area contributed by atoms with Gasteiger partial charge in [-0.1, -0.05) is 24.6 Å². The van der Waals surface area contributed by atoms with Crippen molar-refractivity contribution in [3.05, 3.63) is 46.3 Å². The summed E-state index contributed by atoms with van der Waals surface area (Å²) in [5.41, 5.74) is -0.547. The molecule has 0 aliphatic heterocycles. The molecule has 0 unspecified atom stereocenters. The fourth-order valence-corrected chi connectivity index (χ4v) is 2.26. The monoisotopic (exact) mass is 260 g/mol. The number of aromatic amines is 1. The third kappa shape index (κ3) is 2.01. The van der Waals surface area contributed by atoms with Crippen molar-refractivity contribution in [1.29, 1.82) is 0 Å². The predicted molar refractivity (Wildman–Crippen MR) is 68.5 cm³/mol. The van der Waals surface area contributed by atoms with Gasteiger partial charge >= 0.3 is 0 Å². The lowest BCUT2D eigenvalue weighted by atomic mass is 9.85. The number of hydrogen-bond donors (Lipinski definition) is 2.